The van der Waals surface area contributed by atoms with Gasteiger partial charge >= 0.3 is 0 Å². The maximum absolute atomic E-state index is 13.3. The number of fused-ring (bicyclic) bond motifs is 1. The zero-order valence-corrected chi connectivity index (χ0v) is 15.6. The number of aryl methyl sites for hydroxylation is 1. The average molecular weight is 383 g/mol. The summed E-state index contributed by atoms with van der Waals surface area (Å²) in [5.41, 5.74) is 4.15. The van der Waals surface area contributed by atoms with E-state index in [4.69, 9.17) is 23.2 Å². The number of hydrogen-bond acceptors (Lipinski definition) is 2. The molecule has 0 saturated heterocycles. The molecule has 3 aromatic rings. The largest absolute Gasteiger partial charge is 0.360 e. The van der Waals surface area contributed by atoms with Crippen molar-refractivity contribution in [2.24, 2.45) is 0 Å². The molecule has 1 aliphatic heterocycles. The highest BCUT2D eigenvalue weighted by Crippen LogP contribution is 2.39. The second kappa shape index (κ2) is 6.67. The van der Waals surface area contributed by atoms with Crippen LogP contribution in [0.15, 0.2) is 66.7 Å². The number of hydrogen-bond donors (Lipinski definition) is 1. The molecule has 0 aliphatic carbocycles. The third-order valence-electron chi connectivity index (χ3n) is 4.50. The summed E-state index contributed by atoms with van der Waals surface area (Å²) in [4.78, 5) is 15.0. The zero-order valence-electron chi connectivity index (χ0n) is 14.0. The molecule has 3 aromatic carbocycles. The number of amides is 1. The van der Waals surface area contributed by atoms with Crippen molar-refractivity contribution >= 4 is 40.5 Å². The maximum atomic E-state index is 13.3. The Balaban J connectivity index is 1.88. The lowest BCUT2D eigenvalue weighted by Gasteiger charge is -2.38. The fraction of sp³-hybridized carbons (Fsp3) is 0.0952. The summed E-state index contributed by atoms with van der Waals surface area (Å²) < 4.78 is 0. The van der Waals surface area contributed by atoms with Gasteiger partial charge in [-0.2, -0.15) is 0 Å². The van der Waals surface area contributed by atoms with Crippen LogP contribution < -0.4 is 10.2 Å². The molecule has 4 rings (SSSR count). The van der Waals surface area contributed by atoms with Gasteiger partial charge in [-0.1, -0.05) is 59.1 Å². The Bertz CT molecular complexity index is 986. The lowest BCUT2D eigenvalue weighted by molar-refractivity contribution is 0.0975. The van der Waals surface area contributed by atoms with Crippen LogP contribution in [0.25, 0.3) is 0 Å². The fourth-order valence-corrected chi connectivity index (χ4v) is 3.68. The van der Waals surface area contributed by atoms with Crippen molar-refractivity contribution in [2.45, 2.75) is 13.1 Å². The summed E-state index contributed by atoms with van der Waals surface area (Å²) in [6.07, 6.45) is -0.426. The Morgan fingerprint density at radius 2 is 1.69 bits per heavy atom. The Morgan fingerprint density at radius 1 is 0.962 bits per heavy atom. The van der Waals surface area contributed by atoms with Crippen LogP contribution in [0, 0.1) is 6.92 Å². The fourth-order valence-electron chi connectivity index (χ4n) is 3.17. The Labute approximate surface area is 162 Å². The first kappa shape index (κ1) is 17.0. The highest BCUT2D eigenvalue weighted by atomic mass is 35.5. The van der Waals surface area contributed by atoms with E-state index in [2.05, 4.69) is 5.32 Å². The van der Waals surface area contributed by atoms with E-state index in [1.165, 1.54) is 0 Å². The minimum atomic E-state index is -0.426. The van der Waals surface area contributed by atoms with Crippen molar-refractivity contribution < 1.29 is 4.79 Å². The minimum absolute atomic E-state index is 0.0702. The second-order valence-electron chi connectivity index (χ2n) is 6.27. The van der Waals surface area contributed by atoms with E-state index in [0.717, 1.165) is 22.5 Å². The number of carbonyl (C=O) groups excluding carboxylic acids is 1. The van der Waals surface area contributed by atoms with E-state index >= 15 is 0 Å². The van der Waals surface area contributed by atoms with Gasteiger partial charge in [-0.25, -0.2) is 0 Å². The zero-order chi connectivity index (χ0) is 18.3. The molecule has 1 unspecified atom stereocenters. The summed E-state index contributed by atoms with van der Waals surface area (Å²) in [6, 6.07) is 20.7. The molecule has 1 atom stereocenters. The van der Waals surface area contributed by atoms with E-state index < -0.39 is 6.17 Å². The van der Waals surface area contributed by atoms with Gasteiger partial charge in [0.25, 0.3) is 5.91 Å². The van der Waals surface area contributed by atoms with E-state index in [9.17, 15) is 4.79 Å². The average Bonchev–Trinajstić information content (AvgIpc) is 2.63. The number of carbonyl (C=O) groups is 1. The maximum Gasteiger partial charge on any atom is 0.262 e. The molecule has 0 saturated carbocycles. The quantitative estimate of drug-likeness (QED) is 0.582. The highest BCUT2D eigenvalue weighted by molar-refractivity contribution is 6.35. The van der Waals surface area contributed by atoms with Crippen molar-refractivity contribution in [1.82, 2.24) is 0 Å². The summed E-state index contributed by atoms with van der Waals surface area (Å²) >= 11 is 12.5. The summed E-state index contributed by atoms with van der Waals surface area (Å²) in [6.45, 7) is 2.02. The van der Waals surface area contributed by atoms with Gasteiger partial charge in [0, 0.05) is 27.0 Å². The monoisotopic (exact) mass is 382 g/mol. The molecule has 0 fully saturated rings. The van der Waals surface area contributed by atoms with Gasteiger partial charge in [-0.15, -0.1) is 0 Å². The van der Waals surface area contributed by atoms with Crippen LogP contribution >= 0.6 is 23.2 Å². The Morgan fingerprint density at radius 3 is 2.42 bits per heavy atom. The Hall–Kier alpha value is -2.49. The molecular formula is C21H16Cl2N2O. The van der Waals surface area contributed by atoms with Crippen molar-refractivity contribution in [1.29, 1.82) is 0 Å². The molecule has 0 radical (unpaired) electrons. The van der Waals surface area contributed by atoms with Crippen molar-refractivity contribution in [3.05, 3.63) is 93.5 Å². The smallest absolute Gasteiger partial charge is 0.262 e. The first-order chi connectivity index (χ1) is 12.5. The molecule has 1 amide bonds. The number of nitrogens with one attached hydrogen (secondary N) is 1. The number of anilines is 2. The van der Waals surface area contributed by atoms with Gasteiger partial charge in [-0.05, 0) is 43.3 Å². The molecule has 26 heavy (non-hydrogen) atoms. The Kier molecular flexibility index (Phi) is 4.35. The first-order valence-electron chi connectivity index (χ1n) is 8.25. The van der Waals surface area contributed by atoms with E-state index in [0.29, 0.717) is 15.6 Å². The molecule has 1 N–H and O–H groups in total. The second-order valence-corrected chi connectivity index (χ2v) is 7.11. The van der Waals surface area contributed by atoms with Gasteiger partial charge in [0.1, 0.15) is 6.17 Å². The van der Waals surface area contributed by atoms with Crippen molar-refractivity contribution in [3.8, 4) is 0 Å². The number of nitrogens with zero attached hydrogens (tertiary/aromatic N) is 1. The first-order valence-corrected chi connectivity index (χ1v) is 9.01. The normalized spacial score (nSPS) is 16.2. The summed E-state index contributed by atoms with van der Waals surface area (Å²) in [7, 11) is 0. The predicted molar refractivity (Wildman–Crippen MR) is 107 cm³/mol. The van der Waals surface area contributed by atoms with Crippen LogP contribution in [-0.4, -0.2) is 5.91 Å². The van der Waals surface area contributed by atoms with Crippen LogP contribution in [-0.2, 0) is 0 Å². The molecule has 0 bridgehead atoms. The van der Waals surface area contributed by atoms with Gasteiger partial charge in [0.15, 0.2) is 0 Å². The van der Waals surface area contributed by atoms with Crippen molar-refractivity contribution in [2.75, 3.05) is 10.2 Å². The predicted octanol–water partition coefficient (Wildman–Crippen LogP) is 6.07. The van der Waals surface area contributed by atoms with Crippen LogP contribution in [0.1, 0.15) is 27.7 Å². The van der Waals surface area contributed by atoms with Gasteiger partial charge in [0.2, 0.25) is 0 Å². The van der Waals surface area contributed by atoms with Gasteiger partial charge in [0.05, 0.1) is 5.56 Å². The number of para-hydroxylation sites is 1. The lowest BCUT2D eigenvalue weighted by Crippen LogP contribution is -2.43. The number of halogens is 2. The molecule has 0 aromatic heterocycles. The number of benzene rings is 3. The highest BCUT2D eigenvalue weighted by Gasteiger charge is 2.34. The SMILES string of the molecule is Cc1ccc(N2C(=O)c3ccccc3NC2c2ccc(Cl)cc2Cl)cc1. The lowest BCUT2D eigenvalue weighted by atomic mass is 10.0. The van der Waals surface area contributed by atoms with Crippen LogP contribution in [0.5, 0.6) is 0 Å². The van der Waals surface area contributed by atoms with E-state index in [1.807, 2.05) is 61.5 Å². The molecule has 0 spiro atoms. The van der Waals surface area contributed by atoms with Gasteiger partial charge < -0.3 is 5.32 Å². The molecule has 1 aliphatic rings. The molecular weight excluding hydrogens is 367 g/mol. The van der Waals surface area contributed by atoms with Crippen LogP contribution in [0.4, 0.5) is 11.4 Å². The summed E-state index contributed by atoms with van der Waals surface area (Å²) in [5.74, 6) is -0.0702. The van der Waals surface area contributed by atoms with Crippen LogP contribution in [0.3, 0.4) is 0 Å². The number of rotatable bonds is 2. The molecule has 1 heterocycles. The summed E-state index contributed by atoms with van der Waals surface area (Å²) in [5, 5.41) is 4.52. The van der Waals surface area contributed by atoms with Gasteiger partial charge in [-0.3, -0.25) is 9.69 Å². The standard InChI is InChI=1S/C21H16Cl2N2O/c1-13-6-9-15(10-7-13)25-20(16-11-8-14(22)12-18(16)23)24-19-5-3-2-4-17(19)21(25)26/h2-12,20,24H,1H3. The van der Waals surface area contributed by atoms with Crippen LogP contribution in [0.2, 0.25) is 10.0 Å². The molecule has 3 nitrogen and oxygen atoms in total. The molecule has 130 valence electrons. The minimum Gasteiger partial charge on any atom is -0.360 e. The molecule has 5 heteroatoms. The van der Waals surface area contributed by atoms with E-state index in [1.54, 1.807) is 17.0 Å². The topological polar surface area (TPSA) is 32.3 Å². The third kappa shape index (κ3) is 2.94. The third-order valence-corrected chi connectivity index (χ3v) is 5.06. The van der Waals surface area contributed by atoms with Crippen molar-refractivity contribution in [3.63, 3.8) is 0 Å². The van der Waals surface area contributed by atoms with E-state index in [-0.39, 0.29) is 5.91 Å².